The Hall–Kier alpha value is -0.160. The van der Waals surface area contributed by atoms with E-state index in [9.17, 15) is 9.13 Å². The van der Waals surface area contributed by atoms with E-state index in [1.165, 1.54) is 0 Å². The first-order valence-corrected chi connectivity index (χ1v) is 6.61. The monoisotopic (exact) mass is 231 g/mol. The Kier molecular flexibility index (Phi) is 4.32. The minimum atomic E-state index is -4.56. The highest BCUT2D eigenvalue weighted by Gasteiger charge is 2.33. The summed E-state index contributed by atoms with van der Waals surface area (Å²) < 4.78 is 21.1. The molecule has 9 heteroatoms. The van der Waals surface area contributed by atoms with Crippen LogP contribution in [0.25, 0.3) is 0 Å². The Morgan fingerprint density at radius 2 is 1.77 bits per heavy atom. The Morgan fingerprint density at radius 3 is 2.00 bits per heavy atom. The van der Waals surface area contributed by atoms with Crippen molar-refractivity contribution in [3.63, 3.8) is 0 Å². The largest absolute Gasteiger partial charge is 0.378 e. The Morgan fingerprint density at radius 1 is 1.31 bits per heavy atom. The molecule has 0 aliphatic heterocycles. The topological polar surface area (TPSA) is 127 Å². The Labute approximate surface area is 74.8 Å². The van der Waals surface area contributed by atoms with Gasteiger partial charge in [-0.25, -0.2) is 0 Å². The molecule has 0 radical (unpaired) electrons. The van der Waals surface area contributed by atoms with Gasteiger partial charge in [0, 0.05) is 0 Å². The molecule has 78 valence electrons. The summed E-state index contributed by atoms with van der Waals surface area (Å²) in [4.78, 5) is 34.2. The van der Waals surface area contributed by atoms with Gasteiger partial charge in [0.15, 0.2) is 0 Å². The third-order valence-corrected chi connectivity index (χ3v) is 3.40. The van der Waals surface area contributed by atoms with Crippen molar-refractivity contribution in [2.75, 3.05) is 6.16 Å². The predicted molar refractivity (Wildman–Crippen MR) is 46.1 cm³/mol. The smallest absolute Gasteiger partial charge is 0.348 e. The van der Waals surface area contributed by atoms with Gasteiger partial charge in [0.25, 0.3) is 0 Å². The molecule has 0 amide bonds. The SMILES string of the molecule is C=CNC(CP(=O)(O)O)P(=O)(O)O. The first-order valence-electron chi connectivity index (χ1n) is 3.13. The molecule has 0 saturated carbocycles. The van der Waals surface area contributed by atoms with Crippen LogP contribution in [0.2, 0.25) is 0 Å². The highest BCUT2D eigenvalue weighted by atomic mass is 31.2. The number of hydrogen-bond donors (Lipinski definition) is 5. The summed E-state index contributed by atoms with van der Waals surface area (Å²) in [6.07, 6.45) is 0.0444. The van der Waals surface area contributed by atoms with Gasteiger partial charge < -0.3 is 24.9 Å². The van der Waals surface area contributed by atoms with Crippen LogP contribution in [-0.4, -0.2) is 31.5 Å². The maximum absolute atomic E-state index is 10.6. The van der Waals surface area contributed by atoms with Gasteiger partial charge >= 0.3 is 15.2 Å². The highest BCUT2D eigenvalue weighted by molar-refractivity contribution is 7.56. The van der Waals surface area contributed by atoms with E-state index in [0.29, 0.717) is 0 Å². The minimum absolute atomic E-state index is 0.927. The van der Waals surface area contributed by atoms with Crippen LogP contribution in [0.4, 0.5) is 0 Å². The molecule has 1 atom stereocenters. The quantitative estimate of drug-likeness (QED) is 0.400. The second-order valence-corrected chi connectivity index (χ2v) is 5.82. The van der Waals surface area contributed by atoms with Crippen molar-refractivity contribution in [2.45, 2.75) is 5.78 Å². The lowest BCUT2D eigenvalue weighted by atomic mass is 10.7. The molecule has 0 aromatic rings. The van der Waals surface area contributed by atoms with E-state index < -0.39 is 27.1 Å². The molecule has 0 heterocycles. The zero-order valence-electron chi connectivity index (χ0n) is 6.57. The molecule has 0 aromatic carbocycles. The maximum atomic E-state index is 10.6. The Bertz CT molecular complexity index is 266. The Balaban J connectivity index is 4.55. The molecular weight excluding hydrogens is 220 g/mol. The first-order chi connectivity index (χ1) is 5.67. The van der Waals surface area contributed by atoms with Gasteiger partial charge in [0.1, 0.15) is 5.78 Å². The van der Waals surface area contributed by atoms with Crippen LogP contribution in [0.15, 0.2) is 12.8 Å². The van der Waals surface area contributed by atoms with Crippen LogP contribution in [0.5, 0.6) is 0 Å². The second-order valence-electron chi connectivity index (χ2n) is 2.32. The van der Waals surface area contributed by atoms with Crippen molar-refractivity contribution < 1.29 is 28.7 Å². The molecule has 0 aliphatic rings. The zero-order valence-corrected chi connectivity index (χ0v) is 8.36. The van der Waals surface area contributed by atoms with Crippen molar-refractivity contribution >= 4 is 15.2 Å². The summed E-state index contributed by atoms with van der Waals surface area (Å²) in [5, 5.41) is 2.09. The van der Waals surface area contributed by atoms with Gasteiger partial charge in [0.2, 0.25) is 0 Å². The standard InChI is InChI=1S/C4H11NO6P2/c1-2-5-4(13(9,10)11)3-12(6,7)8/h2,4-5H,1,3H2,(H2,6,7,8)(H2,9,10,11). The molecule has 1 unspecified atom stereocenters. The number of nitrogens with one attached hydrogen (secondary N) is 1. The van der Waals surface area contributed by atoms with Gasteiger partial charge in [-0.1, -0.05) is 6.58 Å². The molecule has 13 heavy (non-hydrogen) atoms. The van der Waals surface area contributed by atoms with Crippen LogP contribution in [0, 0.1) is 0 Å². The average Bonchev–Trinajstić information content (AvgIpc) is 1.81. The summed E-state index contributed by atoms with van der Waals surface area (Å²) in [6.45, 7) is 3.14. The van der Waals surface area contributed by atoms with E-state index in [0.717, 1.165) is 6.20 Å². The van der Waals surface area contributed by atoms with Crippen LogP contribution < -0.4 is 5.32 Å². The molecule has 0 saturated heterocycles. The fraction of sp³-hybridized carbons (Fsp3) is 0.500. The summed E-state index contributed by atoms with van der Waals surface area (Å²) in [5.74, 6) is -1.59. The van der Waals surface area contributed by atoms with E-state index in [1.807, 2.05) is 0 Å². The lowest BCUT2D eigenvalue weighted by Crippen LogP contribution is -2.27. The fourth-order valence-electron chi connectivity index (χ4n) is 0.617. The van der Waals surface area contributed by atoms with E-state index in [2.05, 4.69) is 11.9 Å². The summed E-state index contributed by atoms with van der Waals surface area (Å²) in [7, 11) is -9.01. The van der Waals surface area contributed by atoms with Crippen LogP contribution in [0.3, 0.4) is 0 Å². The maximum Gasteiger partial charge on any atom is 0.348 e. The van der Waals surface area contributed by atoms with Crippen LogP contribution in [0.1, 0.15) is 0 Å². The normalized spacial score (nSPS) is 15.1. The molecule has 0 aliphatic carbocycles. The van der Waals surface area contributed by atoms with Crippen molar-refractivity contribution in [2.24, 2.45) is 0 Å². The van der Waals surface area contributed by atoms with E-state index in [1.54, 1.807) is 0 Å². The summed E-state index contributed by atoms with van der Waals surface area (Å²) >= 11 is 0. The van der Waals surface area contributed by atoms with Crippen molar-refractivity contribution in [3.05, 3.63) is 12.8 Å². The van der Waals surface area contributed by atoms with E-state index in [-0.39, 0.29) is 0 Å². The third kappa shape index (κ3) is 5.99. The third-order valence-electron chi connectivity index (χ3n) is 1.13. The van der Waals surface area contributed by atoms with E-state index in [4.69, 9.17) is 19.6 Å². The van der Waals surface area contributed by atoms with Gasteiger partial charge in [-0.2, -0.15) is 0 Å². The zero-order chi connectivity index (χ0) is 10.7. The summed E-state index contributed by atoms with van der Waals surface area (Å²) in [5.41, 5.74) is 0. The lowest BCUT2D eigenvalue weighted by molar-refractivity contribution is 0.341. The van der Waals surface area contributed by atoms with E-state index >= 15 is 0 Å². The van der Waals surface area contributed by atoms with Gasteiger partial charge in [-0.15, -0.1) is 0 Å². The van der Waals surface area contributed by atoms with Crippen molar-refractivity contribution in [3.8, 4) is 0 Å². The molecule has 0 bridgehead atoms. The molecule has 7 nitrogen and oxygen atoms in total. The van der Waals surface area contributed by atoms with Crippen molar-refractivity contribution in [1.29, 1.82) is 0 Å². The molecular formula is C4H11NO6P2. The average molecular weight is 231 g/mol. The van der Waals surface area contributed by atoms with Crippen molar-refractivity contribution in [1.82, 2.24) is 5.32 Å². The second kappa shape index (κ2) is 4.37. The van der Waals surface area contributed by atoms with Crippen LogP contribution in [-0.2, 0) is 9.13 Å². The molecule has 0 aromatic heterocycles. The molecule has 0 rings (SSSR count). The molecule has 5 N–H and O–H groups in total. The first kappa shape index (κ1) is 12.8. The number of rotatable bonds is 5. The predicted octanol–water partition coefficient (Wildman–Crippen LogP) is -0.599. The van der Waals surface area contributed by atoms with Crippen LogP contribution >= 0.6 is 15.2 Å². The molecule has 0 fully saturated rings. The minimum Gasteiger partial charge on any atom is -0.378 e. The lowest BCUT2D eigenvalue weighted by Gasteiger charge is -2.18. The summed E-state index contributed by atoms with van der Waals surface area (Å²) in [6, 6.07) is 0. The number of hydrogen-bond acceptors (Lipinski definition) is 3. The van der Waals surface area contributed by atoms with Gasteiger partial charge in [-0.3, -0.25) is 9.13 Å². The van der Waals surface area contributed by atoms with Gasteiger partial charge in [-0.05, 0) is 6.20 Å². The molecule has 0 spiro atoms. The van der Waals surface area contributed by atoms with Gasteiger partial charge in [0.05, 0.1) is 6.16 Å². The fourth-order valence-corrected chi connectivity index (χ4v) is 2.96. The highest BCUT2D eigenvalue weighted by Crippen LogP contribution is 2.47.